The topological polar surface area (TPSA) is 35.4 Å². The normalized spacial score (nSPS) is 11.0. The number of benzene rings is 3. The van der Waals surface area contributed by atoms with Crippen LogP contribution in [0, 0.1) is 6.04 Å². The van der Waals surface area contributed by atoms with Crippen LogP contribution in [0.2, 0.25) is 0 Å². The molecule has 3 heteroatoms. The molecule has 0 spiro atoms. The van der Waals surface area contributed by atoms with Gasteiger partial charge in [-0.1, -0.05) is 56.3 Å². The number of aromatic hydroxyl groups is 1. The first-order valence-electron chi connectivity index (χ1n) is 9.40. The number of aromatic nitrogens is 1. The predicted molar refractivity (Wildman–Crippen MR) is 108 cm³/mol. The zero-order valence-electron chi connectivity index (χ0n) is 15.6. The van der Waals surface area contributed by atoms with E-state index in [1.54, 1.807) is 6.07 Å². The van der Waals surface area contributed by atoms with E-state index in [1.807, 2.05) is 42.5 Å². The number of fused-ring (bicyclic) bond motifs is 1. The minimum absolute atomic E-state index is 0.222. The maximum Gasteiger partial charge on any atom is 0.515 e. The fourth-order valence-corrected chi connectivity index (χ4v) is 3.56. The van der Waals surface area contributed by atoms with Crippen LogP contribution in [-0.2, 0) is 0 Å². The van der Waals surface area contributed by atoms with Crippen LogP contribution in [-0.4, -0.2) is 5.11 Å². The van der Waals surface area contributed by atoms with E-state index in [2.05, 4.69) is 42.7 Å². The summed E-state index contributed by atoms with van der Waals surface area (Å²) in [5.41, 5.74) is 4.86. The van der Waals surface area contributed by atoms with Gasteiger partial charge in [0.25, 0.3) is 5.58 Å². The highest BCUT2D eigenvalue weighted by atomic mass is 16.4. The van der Waals surface area contributed by atoms with Crippen LogP contribution in [0.5, 0.6) is 5.75 Å². The Balaban J connectivity index is 1.99. The summed E-state index contributed by atoms with van der Waals surface area (Å²) in [5.74, 6) is 0.896. The zero-order chi connectivity index (χ0) is 18.8. The number of nitrogens with zero attached hydrogens (tertiary/aromatic N) is 1. The van der Waals surface area contributed by atoms with Crippen molar-refractivity contribution in [2.24, 2.45) is 0 Å². The van der Waals surface area contributed by atoms with Gasteiger partial charge in [0.15, 0.2) is 5.56 Å². The van der Waals surface area contributed by atoms with E-state index >= 15 is 0 Å². The van der Waals surface area contributed by atoms with Crippen molar-refractivity contribution in [2.75, 3.05) is 0 Å². The van der Waals surface area contributed by atoms with Gasteiger partial charge in [-0.3, -0.25) is 0 Å². The number of hydrogen-bond acceptors (Lipinski definition) is 1. The Morgan fingerprint density at radius 3 is 2.33 bits per heavy atom. The molecule has 4 aromatic rings. The summed E-state index contributed by atoms with van der Waals surface area (Å²) < 4.78 is 8.39. The van der Waals surface area contributed by atoms with Crippen LogP contribution in [0.25, 0.3) is 33.7 Å². The summed E-state index contributed by atoms with van der Waals surface area (Å²) in [7, 11) is 0. The quantitative estimate of drug-likeness (QED) is 0.272. The van der Waals surface area contributed by atoms with Crippen LogP contribution in [0.1, 0.15) is 26.7 Å². The van der Waals surface area contributed by atoms with Gasteiger partial charge in [-0.15, -0.1) is 17.7 Å². The number of hydrogen-bond donors (Lipinski definition) is 1. The molecule has 136 valence electrons. The molecule has 0 unspecified atom stereocenters. The highest BCUT2D eigenvalue weighted by Gasteiger charge is 2.31. The lowest BCUT2D eigenvalue weighted by molar-refractivity contribution is -0.627. The van der Waals surface area contributed by atoms with Crippen molar-refractivity contribution in [2.45, 2.75) is 26.7 Å². The van der Waals surface area contributed by atoms with Crippen LogP contribution >= 0.6 is 0 Å². The Bertz CT molecular complexity index is 1060. The predicted octanol–water partition coefficient (Wildman–Crippen LogP) is 5.96. The summed E-state index contributed by atoms with van der Waals surface area (Å²) in [6, 6.07) is 25.2. The molecule has 0 bridgehead atoms. The van der Waals surface area contributed by atoms with Gasteiger partial charge in [-0.2, -0.15) is 0 Å². The number of phenolic OH excluding ortho intramolecular Hbond substituents is 1. The minimum Gasteiger partial charge on any atom is -0.508 e. The van der Waals surface area contributed by atoms with E-state index in [1.165, 1.54) is 11.6 Å². The van der Waals surface area contributed by atoms with E-state index in [0.717, 1.165) is 29.5 Å². The molecule has 3 nitrogen and oxygen atoms in total. The lowest BCUT2D eigenvalue weighted by Crippen LogP contribution is -2.40. The van der Waals surface area contributed by atoms with Crippen molar-refractivity contribution in [3.63, 3.8) is 0 Å². The molecule has 1 N–H and O–H groups in total. The number of oxazole rings is 1. The second-order valence-electron chi connectivity index (χ2n) is 6.58. The Morgan fingerprint density at radius 2 is 1.63 bits per heavy atom. The largest absolute Gasteiger partial charge is 0.515 e. The molecule has 0 aliphatic heterocycles. The molecule has 0 atom stereocenters. The molecule has 0 saturated heterocycles. The van der Waals surface area contributed by atoms with Crippen LogP contribution in [0.3, 0.4) is 0 Å². The van der Waals surface area contributed by atoms with Gasteiger partial charge >= 0.3 is 5.89 Å². The molecular formula is C24H23NO2. The molecule has 0 radical (unpaired) electrons. The van der Waals surface area contributed by atoms with E-state index in [4.69, 9.17) is 4.42 Å². The molecule has 4 rings (SSSR count). The third kappa shape index (κ3) is 3.06. The lowest BCUT2D eigenvalue weighted by Gasteiger charge is -2.13. The molecule has 0 amide bonds. The van der Waals surface area contributed by atoms with E-state index in [9.17, 15) is 5.11 Å². The first-order chi connectivity index (χ1) is 13.2. The van der Waals surface area contributed by atoms with Gasteiger partial charge < -0.3 is 5.11 Å². The second-order valence-corrected chi connectivity index (χ2v) is 6.58. The van der Waals surface area contributed by atoms with E-state index < -0.39 is 0 Å². The van der Waals surface area contributed by atoms with Crippen molar-refractivity contribution >= 4 is 11.1 Å². The molecule has 0 aliphatic carbocycles. The Hall–Kier alpha value is -3.20. The van der Waals surface area contributed by atoms with E-state index in [0.29, 0.717) is 11.5 Å². The number of rotatable bonds is 5. The first kappa shape index (κ1) is 17.2. The molecule has 27 heavy (non-hydrogen) atoms. The van der Waals surface area contributed by atoms with Gasteiger partial charge in [0.05, 0.1) is 6.04 Å². The maximum atomic E-state index is 10.4. The summed E-state index contributed by atoms with van der Waals surface area (Å²) in [6.45, 7) is 4.31. The van der Waals surface area contributed by atoms with Crippen molar-refractivity contribution in [1.29, 1.82) is 0 Å². The third-order valence-corrected chi connectivity index (χ3v) is 4.98. The summed E-state index contributed by atoms with van der Waals surface area (Å²) in [6.07, 6.45) is 1.82. The minimum atomic E-state index is 0.222. The first-order valence-corrected chi connectivity index (χ1v) is 9.40. The molecule has 0 fully saturated rings. The molecular weight excluding hydrogens is 334 g/mol. The average Bonchev–Trinajstić information content (AvgIpc) is 3.08. The molecule has 0 saturated carbocycles. The Labute approximate surface area is 159 Å². The third-order valence-electron chi connectivity index (χ3n) is 4.98. The zero-order valence-corrected chi connectivity index (χ0v) is 15.6. The number of phenols is 1. The van der Waals surface area contributed by atoms with Gasteiger partial charge in [0, 0.05) is 0 Å². The Morgan fingerprint density at radius 1 is 0.926 bits per heavy atom. The van der Waals surface area contributed by atoms with E-state index in [-0.39, 0.29) is 5.75 Å². The fourth-order valence-electron chi connectivity index (χ4n) is 3.56. The summed E-state index contributed by atoms with van der Waals surface area (Å²) in [5, 5.41) is 10.4. The summed E-state index contributed by atoms with van der Waals surface area (Å²) >= 11 is 0. The van der Waals surface area contributed by atoms with Gasteiger partial charge in [0.2, 0.25) is 0 Å². The van der Waals surface area contributed by atoms with Crippen LogP contribution in [0.15, 0.2) is 77.2 Å². The van der Waals surface area contributed by atoms with Crippen molar-refractivity contribution < 1.29 is 14.1 Å². The smallest absolute Gasteiger partial charge is 0.508 e. The maximum absolute atomic E-state index is 10.4. The van der Waals surface area contributed by atoms with Gasteiger partial charge in [-0.05, 0) is 36.6 Å². The molecule has 1 aromatic heterocycles. The van der Waals surface area contributed by atoms with Gasteiger partial charge in [0.1, 0.15) is 11.3 Å². The van der Waals surface area contributed by atoms with Crippen LogP contribution < -0.4 is 4.57 Å². The monoisotopic (exact) mass is 357 g/mol. The SMILES string of the molecule is CC[C-](CC)[n+]1c(-c2ccccc2O)[o+][c-]2ccc(-c3ccccc3)cc21. The number of para-hydroxylation sites is 1. The lowest BCUT2D eigenvalue weighted by atomic mass is 10.0. The molecule has 3 aromatic carbocycles. The highest BCUT2D eigenvalue weighted by Crippen LogP contribution is 2.33. The van der Waals surface area contributed by atoms with Crippen molar-refractivity contribution in [3.05, 3.63) is 78.8 Å². The van der Waals surface area contributed by atoms with Crippen molar-refractivity contribution in [3.8, 4) is 28.3 Å². The van der Waals surface area contributed by atoms with Gasteiger partial charge in [-0.25, -0.2) is 8.98 Å². The Kier molecular flexibility index (Phi) is 4.59. The highest BCUT2D eigenvalue weighted by molar-refractivity contribution is 5.80. The fraction of sp³-hybridized carbons (Fsp3) is 0.167. The molecule has 0 aliphatic rings. The van der Waals surface area contributed by atoms with Crippen LogP contribution in [0.4, 0.5) is 0 Å². The standard InChI is InChI=1S/C24H23NO2/c1-3-19(4-2)25-21-16-18(17-10-6-5-7-11-17)14-15-23(21)27-24(25)20-12-8-9-13-22(20)26/h5-16,26H,3-4H2,1-2H3. The van der Waals surface area contributed by atoms with Crippen molar-refractivity contribution in [1.82, 2.24) is 0 Å². The summed E-state index contributed by atoms with van der Waals surface area (Å²) in [4.78, 5) is 0. The average molecular weight is 357 g/mol. The molecule has 1 heterocycles. The second kappa shape index (κ2) is 7.20.